The van der Waals surface area contributed by atoms with E-state index in [0.717, 1.165) is 66.8 Å². The van der Waals surface area contributed by atoms with Crippen LogP contribution in [0.4, 0.5) is 0 Å². The molecule has 0 amide bonds. The van der Waals surface area contributed by atoms with Crippen LogP contribution in [-0.2, 0) is 20.4 Å². The molecule has 0 unspecified atom stereocenters. The second kappa shape index (κ2) is 23.7. The Hall–Kier alpha value is -4.00. The van der Waals surface area contributed by atoms with Crippen LogP contribution in [0.2, 0.25) is 33.5 Å². The number of rotatable bonds is 10. The first kappa shape index (κ1) is 57.7. The van der Waals surface area contributed by atoms with Gasteiger partial charge < -0.3 is 37.2 Å². The molecule has 0 spiro atoms. The minimum absolute atomic E-state index is 0. The molecule has 10 rings (SSSR count). The van der Waals surface area contributed by atoms with Crippen molar-refractivity contribution in [3.05, 3.63) is 253 Å². The third-order valence-electron chi connectivity index (χ3n) is 14.5. The molecule has 0 fully saturated rings. The summed E-state index contributed by atoms with van der Waals surface area (Å²) in [6.45, 7) is 9.34. The van der Waals surface area contributed by atoms with Crippen LogP contribution in [0.3, 0.4) is 0 Å². The molecule has 0 saturated carbocycles. The zero-order valence-electron chi connectivity index (χ0n) is 40.5. The Morgan fingerprint density at radius 2 is 0.432 bits per heavy atom. The van der Waals surface area contributed by atoms with Crippen molar-refractivity contribution in [2.75, 3.05) is 0 Å². The van der Waals surface area contributed by atoms with Gasteiger partial charge in [0.15, 0.2) is 0 Å². The third-order valence-corrected chi connectivity index (χ3v) is 24.3. The maximum atomic E-state index is 6.62. The van der Waals surface area contributed by atoms with E-state index >= 15 is 0 Å². The van der Waals surface area contributed by atoms with Gasteiger partial charge >= 0.3 is 464 Å². The summed E-state index contributed by atoms with van der Waals surface area (Å²) in [6, 6.07) is 70.9. The molecule has 1 aliphatic carbocycles. The van der Waals surface area contributed by atoms with E-state index in [1.807, 2.05) is 72.8 Å². The van der Waals surface area contributed by atoms with Crippen molar-refractivity contribution in [1.29, 1.82) is 0 Å². The summed E-state index contributed by atoms with van der Waals surface area (Å²) in [7, 11) is -3.65. The molecule has 0 saturated heterocycles. The standard InChI is InChI=1S/C63H45Cl6Si.3ClH.Ti/c1-38-39(2)41(4)63(40(38)3)70(60-32-48(42-5-17-54(64)18-6-42)29-49(33-60)43-7-19-55(65)20-8-43,61-34-50(44-9-21-56(66)22-10-44)30-51(35-61)45-11-23-57(67)24-12-45)62-36-52(46-13-25-58(68)26-14-46)31-53(37-62)47-15-27-59(69)28-16-47;;;;/h5-37H,1-4H3;3*1H;/q;;;;+3/p-3. The minimum Gasteiger partial charge on any atom is -1.00 e. The Morgan fingerprint density at radius 1 is 0.270 bits per heavy atom. The number of halogens is 9. The van der Waals surface area contributed by atoms with Gasteiger partial charge in [-0.05, 0) is 0 Å². The predicted molar refractivity (Wildman–Crippen MR) is 306 cm³/mol. The third kappa shape index (κ3) is 10.9. The second-order valence-corrected chi connectivity index (χ2v) is 27.0. The quantitative estimate of drug-likeness (QED) is 0.0946. The molecule has 9 aromatic rings. The van der Waals surface area contributed by atoms with Crippen LogP contribution < -0.4 is 52.8 Å². The van der Waals surface area contributed by atoms with Gasteiger partial charge in [-0.2, -0.15) is 0 Å². The van der Waals surface area contributed by atoms with E-state index in [1.54, 1.807) is 0 Å². The van der Waals surface area contributed by atoms with Crippen LogP contribution >= 0.6 is 69.6 Å². The second-order valence-electron chi connectivity index (χ2n) is 18.4. The maximum absolute atomic E-state index is 6.62. The molecule has 74 heavy (non-hydrogen) atoms. The summed E-state index contributed by atoms with van der Waals surface area (Å²) < 4.78 is -0.539. The van der Waals surface area contributed by atoms with E-state index < -0.39 is 11.4 Å². The monoisotopic (exact) mass is 1190 g/mol. The molecule has 0 atom stereocenters. The summed E-state index contributed by atoms with van der Waals surface area (Å²) in [4.78, 5) is 0. The van der Waals surface area contributed by atoms with Crippen molar-refractivity contribution in [3.63, 3.8) is 0 Å². The molecule has 11 heteroatoms. The van der Waals surface area contributed by atoms with E-state index in [-0.39, 0.29) is 37.2 Å². The Morgan fingerprint density at radius 3 is 0.595 bits per heavy atom. The summed E-state index contributed by atoms with van der Waals surface area (Å²) >= 11 is 42.2. The molecule has 9 aromatic carbocycles. The molecule has 368 valence electrons. The van der Waals surface area contributed by atoms with E-state index in [2.05, 4.69) is 176 Å². The van der Waals surface area contributed by atoms with Gasteiger partial charge in [-0.25, -0.2) is 0 Å². The summed E-state index contributed by atoms with van der Waals surface area (Å²) in [5, 5.41) is 7.80. The number of hydrogen-bond acceptors (Lipinski definition) is 0. The SMILES string of the molecule is CC1=C(C)[C]([Ti+3])([Si](c2cc(-c3ccc(Cl)cc3)cc(-c3ccc(Cl)cc3)c2)(c2cc(-c3ccc(Cl)cc3)cc(-c3ccc(Cl)cc3)c2)c2cc(-c3ccc(Cl)cc3)cc(-c3ccc(Cl)cc3)c2)C(C)=C1C.[Cl-].[Cl-].[Cl-]. The Kier molecular flexibility index (Phi) is 18.5. The average molecular weight is 1200 g/mol. The van der Waals surface area contributed by atoms with Gasteiger partial charge in [0, 0.05) is 0 Å². The van der Waals surface area contributed by atoms with Gasteiger partial charge in [0.2, 0.25) is 0 Å². The molecule has 0 heterocycles. The maximum Gasteiger partial charge on any atom is -1.00 e. The fourth-order valence-electron chi connectivity index (χ4n) is 10.5. The molecular weight excluding hydrogens is 1150 g/mol. The van der Waals surface area contributed by atoms with Gasteiger partial charge in [0.25, 0.3) is 0 Å². The Balaban J connectivity index is 0.00000267. The van der Waals surface area contributed by atoms with Crippen molar-refractivity contribution < 1.29 is 57.7 Å². The largest absolute Gasteiger partial charge is 1.00 e. The van der Waals surface area contributed by atoms with Crippen LogP contribution in [-0.4, -0.2) is 8.07 Å². The van der Waals surface area contributed by atoms with Gasteiger partial charge in [-0.3, -0.25) is 0 Å². The molecule has 0 bridgehead atoms. The molecule has 0 aliphatic heterocycles. The van der Waals surface area contributed by atoms with Gasteiger partial charge in [-0.1, -0.05) is 0 Å². The van der Waals surface area contributed by atoms with E-state index in [0.29, 0.717) is 30.1 Å². The molecule has 0 aromatic heterocycles. The van der Waals surface area contributed by atoms with Crippen LogP contribution in [0, 0.1) is 0 Å². The van der Waals surface area contributed by atoms with Crippen LogP contribution in [0.5, 0.6) is 0 Å². The van der Waals surface area contributed by atoms with Crippen molar-refractivity contribution >= 4 is 93.2 Å². The Bertz CT molecular complexity index is 3010. The van der Waals surface area contributed by atoms with Crippen LogP contribution in [0.15, 0.2) is 222 Å². The van der Waals surface area contributed by atoms with Crippen molar-refractivity contribution in [3.8, 4) is 66.8 Å². The van der Waals surface area contributed by atoms with Gasteiger partial charge in [-0.15, -0.1) is 0 Å². The molecular formula is C63H45Cl9SiTi. The number of allylic oxidation sites excluding steroid dienone is 4. The van der Waals surface area contributed by atoms with Crippen molar-refractivity contribution in [1.82, 2.24) is 0 Å². The zero-order chi connectivity index (χ0) is 49.8. The normalized spacial score (nSPS) is 13.0. The zero-order valence-corrected chi connectivity index (χ0v) is 49.8. The van der Waals surface area contributed by atoms with Crippen LogP contribution in [0.25, 0.3) is 66.8 Å². The van der Waals surface area contributed by atoms with E-state index in [1.165, 1.54) is 37.9 Å². The Labute approximate surface area is 496 Å². The first-order valence-corrected chi connectivity index (χ1v) is 28.3. The molecule has 0 radical (unpaired) electrons. The first-order valence-electron chi connectivity index (χ1n) is 23.3. The number of benzene rings is 9. The predicted octanol–water partition coefficient (Wildman–Crippen LogP) is 10.0. The summed E-state index contributed by atoms with van der Waals surface area (Å²) in [5.74, 6) is 0. The van der Waals surface area contributed by atoms with Crippen molar-refractivity contribution in [2.24, 2.45) is 0 Å². The smallest absolute Gasteiger partial charge is 1.00 e. The fraction of sp³-hybridized carbons (Fsp3) is 0.0794. The average Bonchev–Trinajstić information content (AvgIpc) is 3.53. The summed E-state index contributed by atoms with van der Waals surface area (Å²) in [5.41, 5.74) is 18.2. The van der Waals surface area contributed by atoms with Crippen molar-refractivity contribution in [2.45, 2.75) is 31.0 Å². The summed E-state index contributed by atoms with van der Waals surface area (Å²) in [6.07, 6.45) is 0. The molecule has 1 aliphatic rings. The van der Waals surface area contributed by atoms with E-state index in [9.17, 15) is 0 Å². The number of hydrogen-bond donors (Lipinski definition) is 0. The van der Waals surface area contributed by atoms with Crippen LogP contribution in [0.1, 0.15) is 27.7 Å². The van der Waals surface area contributed by atoms with Gasteiger partial charge in [0.05, 0.1) is 0 Å². The molecule has 0 nitrogen and oxygen atoms in total. The first-order chi connectivity index (χ1) is 34.1. The van der Waals surface area contributed by atoms with E-state index in [4.69, 9.17) is 69.6 Å². The minimum atomic E-state index is -3.65. The van der Waals surface area contributed by atoms with Gasteiger partial charge in [0.1, 0.15) is 0 Å². The molecule has 0 N–H and O–H groups in total. The fourth-order valence-corrected chi connectivity index (χ4v) is 19.9. The topological polar surface area (TPSA) is 0 Å².